The molecule has 0 atom stereocenters. The molecule has 0 spiro atoms. The molecule has 27 heavy (non-hydrogen) atoms. The first-order valence-electron chi connectivity index (χ1n) is 8.37. The Hall–Kier alpha value is -2.25. The number of benzene rings is 2. The van der Waals surface area contributed by atoms with Crippen molar-refractivity contribution >= 4 is 33.2 Å². The van der Waals surface area contributed by atoms with Crippen LogP contribution >= 0.6 is 11.6 Å². The zero-order valence-corrected chi connectivity index (χ0v) is 17.1. The molecule has 0 unspecified atom stereocenters. The summed E-state index contributed by atoms with van der Waals surface area (Å²) in [6, 6.07) is 12.3. The third-order valence-electron chi connectivity index (χ3n) is 3.81. The maximum absolute atomic E-state index is 12.2. The van der Waals surface area contributed by atoms with E-state index in [-0.39, 0.29) is 19.7 Å². The fourth-order valence-corrected chi connectivity index (χ4v) is 3.41. The lowest BCUT2D eigenvalue weighted by Crippen LogP contribution is -2.41. The van der Waals surface area contributed by atoms with Gasteiger partial charge in [0.15, 0.2) is 0 Å². The molecule has 0 bridgehead atoms. The van der Waals surface area contributed by atoms with Gasteiger partial charge in [0.2, 0.25) is 15.9 Å². The quantitative estimate of drug-likeness (QED) is 0.679. The molecular weight excluding hydrogens is 388 g/mol. The Morgan fingerprint density at radius 3 is 2.56 bits per heavy atom. The van der Waals surface area contributed by atoms with E-state index in [9.17, 15) is 13.2 Å². The zero-order valence-electron chi connectivity index (χ0n) is 15.5. The van der Waals surface area contributed by atoms with Crippen molar-refractivity contribution in [1.29, 1.82) is 0 Å². The molecule has 0 fully saturated rings. The van der Waals surface area contributed by atoms with Crippen molar-refractivity contribution in [3.63, 3.8) is 0 Å². The number of halogens is 1. The number of hydrogen-bond acceptors (Lipinski definition) is 4. The van der Waals surface area contributed by atoms with Gasteiger partial charge >= 0.3 is 0 Å². The van der Waals surface area contributed by atoms with E-state index < -0.39 is 15.9 Å². The molecule has 2 aromatic rings. The number of carbonyl (C=O) groups is 1. The summed E-state index contributed by atoms with van der Waals surface area (Å²) < 4.78 is 30.7. The third kappa shape index (κ3) is 6.45. The summed E-state index contributed by atoms with van der Waals surface area (Å²) >= 11 is 6.03. The van der Waals surface area contributed by atoms with Gasteiger partial charge in [-0.25, -0.2) is 8.42 Å². The highest BCUT2D eigenvalue weighted by molar-refractivity contribution is 7.92. The molecule has 2 aromatic carbocycles. The molecular formula is C19H23ClN2O4S. The van der Waals surface area contributed by atoms with E-state index in [1.165, 1.54) is 0 Å². The average Bonchev–Trinajstić information content (AvgIpc) is 2.58. The summed E-state index contributed by atoms with van der Waals surface area (Å²) in [5.74, 6) is 0.199. The number of nitrogens with one attached hydrogen (secondary N) is 1. The maximum Gasteiger partial charge on any atom is 0.240 e. The molecule has 0 aliphatic rings. The first-order valence-corrected chi connectivity index (χ1v) is 10.6. The minimum absolute atomic E-state index is 0.244. The number of sulfonamides is 1. The number of rotatable bonds is 8. The Morgan fingerprint density at radius 1 is 1.19 bits per heavy atom. The fraction of sp³-hybridized carbons (Fsp3) is 0.316. The third-order valence-corrected chi connectivity index (χ3v) is 5.36. The minimum atomic E-state index is -3.59. The Morgan fingerprint density at radius 2 is 1.93 bits per heavy atom. The van der Waals surface area contributed by atoms with Crippen molar-refractivity contribution < 1.29 is 17.9 Å². The van der Waals surface area contributed by atoms with Crippen LogP contribution in [0.1, 0.15) is 11.1 Å². The van der Waals surface area contributed by atoms with Gasteiger partial charge in [-0.1, -0.05) is 29.8 Å². The van der Waals surface area contributed by atoms with Crippen molar-refractivity contribution in [3.05, 3.63) is 58.6 Å². The standard InChI is InChI=1S/C19H23ClN2O4S/c1-14-5-4-6-16(11-14)22(27(3,24)25)13-19(23)21-9-10-26-17-8-7-15(2)18(20)12-17/h4-8,11-12H,9-10,13H2,1-3H3,(H,21,23). The van der Waals surface area contributed by atoms with Crippen LogP contribution in [-0.4, -0.2) is 40.3 Å². The number of ether oxygens (including phenoxy) is 1. The van der Waals surface area contributed by atoms with Crippen molar-refractivity contribution in [2.75, 3.05) is 30.3 Å². The van der Waals surface area contributed by atoms with Gasteiger partial charge in [0.25, 0.3) is 0 Å². The van der Waals surface area contributed by atoms with Crippen LogP contribution in [0.25, 0.3) is 0 Å². The summed E-state index contributed by atoms with van der Waals surface area (Å²) in [5.41, 5.74) is 2.32. The van der Waals surface area contributed by atoms with E-state index >= 15 is 0 Å². The SMILES string of the molecule is Cc1cccc(N(CC(=O)NCCOc2ccc(C)c(Cl)c2)S(C)(=O)=O)c1. The van der Waals surface area contributed by atoms with Crippen LogP contribution in [0, 0.1) is 13.8 Å². The lowest BCUT2D eigenvalue weighted by Gasteiger charge is -2.22. The second kappa shape index (κ2) is 9.10. The molecule has 0 aliphatic heterocycles. The number of nitrogens with zero attached hydrogens (tertiary/aromatic N) is 1. The Bertz CT molecular complexity index is 916. The van der Waals surface area contributed by atoms with Crippen molar-refractivity contribution in [2.24, 2.45) is 0 Å². The Balaban J connectivity index is 1.89. The van der Waals surface area contributed by atoms with Gasteiger partial charge in [0.05, 0.1) is 18.5 Å². The van der Waals surface area contributed by atoms with E-state index in [2.05, 4.69) is 5.32 Å². The van der Waals surface area contributed by atoms with Gasteiger partial charge in [-0.3, -0.25) is 9.10 Å². The summed E-state index contributed by atoms with van der Waals surface area (Å²) in [6.07, 6.45) is 1.08. The van der Waals surface area contributed by atoms with E-state index in [1.54, 1.807) is 30.3 Å². The molecule has 146 valence electrons. The monoisotopic (exact) mass is 410 g/mol. The van der Waals surface area contributed by atoms with Crippen LogP contribution in [0.15, 0.2) is 42.5 Å². The molecule has 1 N–H and O–H groups in total. The average molecular weight is 411 g/mol. The fourth-order valence-electron chi connectivity index (χ4n) is 2.39. The zero-order chi connectivity index (χ0) is 20.0. The van der Waals surface area contributed by atoms with Gasteiger partial charge in [0, 0.05) is 5.02 Å². The highest BCUT2D eigenvalue weighted by Crippen LogP contribution is 2.21. The van der Waals surface area contributed by atoms with Crippen molar-refractivity contribution in [3.8, 4) is 5.75 Å². The summed E-state index contributed by atoms with van der Waals surface area (Å²) in [4.78, 5) is 12.2. The minimum Gasteiger partial charge on any atom is -0.492 e. The summed E-state index contributed by atoms with van der Waals surface area (Å²) in [6.45, 7) is 3.95. The number of anilines is 1. The lowest BCUT2D eigenvalue weighted by atomic mass is 10.2. The van der Waals surface area contributed by atoms with E-state index in [1.807, 2.05) is 26.0 Å². The van der Waals surface area contributed by atoms with Gasteiger partial charge in [-0.05, 0) is 49.2 Å². The van der Waals surface area contributed by atoms with Gasteiger partial charge in [-0.2, -0.15) is 0 Å². The molecule has 2 rings (SSSR count). The predicted octanol–water partition coefficient (Wildman–Crippen LogP) is 2.92. The van der Waals surface area contributed by atoms with E-state index in [4.69, 9.17) is 16.3 Å². The number of hydrogen-bond donors (Lipinski definition) is 1. The van der Waals surface area contributed by atoms with Gasteiger partial charge in [0.1, 0.15) is 18.9 Å². The van der Waals surface area contributed by atoms with Crippen LogP contribution in [0.2, 0.25) is 5.02 Å². The molecule has 0 saturated heterocycles. The normalized spacial score (nSPS) is 11.1. The number of carbonyl (C=O) groups excluding carboxylic acids is 1. The molecule has 0 heterocycles. The van der Waals surface area contributed by atoms with Crippen molar-refractivity contribution in [1.82, 2.24) is 5.32 Å². The largest absolute Gasteiger partial charge is 0.492 e. The first-order chi connectivity index (χ1) is 12.7. The smallest absolute Gasteiger partial charge is 0.240 e. The Labute approximate surface area is 165 Å². The molecule has 0 radical (unpaired) electrons. The van der Waals surface area contributed by atoms with Crippen LogP contribution < -0.4 is 14.4 Å². The number of aryl methyl sites for hydroxylation is 2. The van der Waals surface area contributed by atoms with Crippen LogP contribution in [-0.2, 0) is 14.8 Å². The Kier molecular flexibility index (Phi) is 7.10. The molecule has 0 aromatic heterocycles. The molecule has 0 saturated carbocycles. The molecule has 0 aliphatic carbocycles. The molecule has 1 amide bonds. The van der Waals surface area contributed by atoms with Crippen LogP contribution in [0.4, 0.5) is 5.69 Å². The lowest BCUT2D eigenvalue weighted by molar-refractivity contribution is -0.119. The predicted molar refractivity (Wildman–Crippen MR) is 108 cm³/mol. The first kappa shape index (κ1) is 21.1. The molecule has 6 nitrogen and oxygen atoms in total. The van der Waals surface area contributed by atoms with Crippen molar-refractivity contribution in [2.45, 2.75) is 13.8 Å². The summed E-state index contributed by atoms with van der Waals surface area (Å²) in [7, 11) is -3.59. The van der Waals surface area contributed by atoms with Crippen LogP contribution in [0.3, 0.4) is 0 Å². The highest BCUT2D eigenvalue weighted by atomic mass is 35.5. The van der Waals surface area contributed by atoms with E-state index in [0.29, 0.717) is 16.5 Å². The van der Waals surface area contributed by atoms with Gasteiger partial charge < -0.3 is 10.1 Å². The second-order valence-electron chi connectivity index (χ2n) is 6.22. The summed E-state index contributed by atoms with van der Waals surface area (Å²) in [5, 5.41) is 3.27. The topological polar surface area (TPSA) is 75.7 Å². The molecule has 8 heteroatoms. The highest BCUT2D eigenvalue weighted by Gasteiger charge is 2.20. The maximum atomic E-state index is 12.2. The second-order valence-corrected chi connectivity index (χ2v) is 8.53. The van der Waals surface area contributed by atoms with E-state index in [0.717, 1.165) is 21.7 Å². The number of amides is 1. The van der Waals surface area contributed by atoms with Gasteiger partial charge in [-0.15, -0.1) is 0 Å². The van der Waals surface area contributed by atoms with Crippen LogP contribution in [0.5, 0.6) is 5.75 Å².